The highest BCUT2D eigenvalue weighted by Gasteiger charge is 2.22. The third-order valence-corrected chi connectivity index (χ3v) is 10.5. The fourth-order valence-electron chi connectivity index (χ4n) is 8.34. The summed E-state index contributed by atoms with van der Waals surface area (Å²) in [4.78, 5) is 4.53. The van der Waals surface area contributed by atoms with E-state index in [1.807, 2.05) is 12.4 Å². The molecule has 11 aromatic rings. The van der Waals surface area contributed by atoms with Crippen molar-refractivity contribution in [3.8, 4) is 28.2 Å². The van der Waals surface area contributed by atoms with Crippen molar-refractivity contribution in [1.82, 2.24) is 18.7 Å². The predicted molar refractivity (Wildman–Crippen MR) is 213 cm³/mol. The Morgan fingerprint density at radius 1 is 0.333 bits per heavy atom. The molecule has 0 amide bonds. The van der Waals surface area contributed by atoms with Crippen LogP contribution < -0.4 is 0 Å². The summed E-state index contributed by atoms with van der Waals surface area (Å²) in [5.41, 5.74) is 12.9. The van der Waals surface area contributed by atoms with E-state index in [4.69, 9.17) is 0 Å². The number of para-hydroxylation sites is 3. The van der Waals surface area contributed by atoms with Gasteiger partial charge in [0.2, 0.25) is 0 Å². The molecule has 0 saturated carbocycles. The van der Waals surface area contributed by atoms with Gasteiger partial charge in [-0.3, -0.25) is 4.98 Å². The molecule has 4 heterocycles. The molecule has 0 fully saturated rings. The van der Waals surface area contributed by atoms with Gasteiger partial charge in [0.05, 0.1) is 39.3 Å². The first-order valence-electron chi connectivity index (χ1n) is 17.4. The van der Waals surface area contributed by atoms with Gasteiger partial charge in [-0.25, -0.2) is 0 Å². The Bertz CT molecular complexity index is 3110. The molecular weight excluding hydrogens is 621 g/mol. The predicted octanol–water partition coefficient (Wildman–Crippen LogP) is 12.0. The summed E-state index contributed by atoms with van der Waals surface area (Å²) in [6.45, 7) is 0. The van der Waals surface area contributed by atoms with Gasteiger partial charge in [-0.1, -0.05) is 103 Å². The van der Waals surface area contributed by atoms with Crippen LogP contribution in [0.4, 0.5) is 0 Å². The molecule has 11 rings (SSSR count). The smallest absolute Gasteiger partial charge is 0.0724 e. The van der Waals surface area contributed by atoms with Crippen molar-refractivity contribution in [1.29, 1.82) is 0 Å². The molecular formula is C47H30N4. The molecule has 0 atom stereocenters. The Balaban J connectivity index is 1.21. The fraction of sp³-hybridized carbons (Fsp3) is 0. The van der Waals surface area contributed by atoms with Crippen LogP contribution in [0.25, 0.3) is 93.6 Å². The van der Waals surface area contributed by atoms with Crippen molar-refractivity contribution in [2.75, 3.05) is 0 Å². The third-order valence-electron chi connectivity index (χ3n) is 10.5. The van der Waals surface area contributed by atoms with Crippen molar-refractivity contribution in [2.24, 2.45) is 0 Å². The van der Waals surface area contributed by atoms with E-state index < -0.39 is 0 Å². The van der Waals surface area contributed by atoms with E-state index in [9.17, 15) is 0 Å². The molecule has 4 nitrogen and oxygen atoms in total. The molecule has 0 aliphatic carbocycles. The zero-order valence-corrected chi connectivity index (χ0v) is 27.6. The Hall–Kier alpha value is -6.91. The summed E-state index contributed by atoms with van der Waals surface area (Å²) >= 11 is 0. The van der Waals surface area contributed by atoms with Crippen LogP contribution in [0.15, 0.2) is 182 Å². The van der Waals surface area contributed by atoms with Crippen molar-refractivity contribution < 1.29 is 0 Å². The normalized spacial score (nSPS) is 11.9. The van der Waals surface area contributed by atoms with Crippen molar-refractivity contribution in [3.05, 3.63) is 182 Å². The summed E-state index contributed by atoms with van der Waals surface area (Å²) in [5, 5.41) is 7.37. The number of hydrogen-bond acceptors (Lipinski definition) is 1. The number of nitrogens with zero attached hydrogens (tertiary/aromatic N) is 4. The van der Waals surface area contributed by atoms with Crippen LogP contribution in [0.3, 0.4) is 0 Å². The minimum Gasteiger partial charge on any atom is -0.309 e. The quantitative estimate of drug-likeness (QED) is 0.186. The van der Waals surface area contributed by atoms with Gasteiger partial charge in [0, 0.05) is 55.6 Å². The first kappa shape index (κ1) is 28.0. The molecule has 4 heteroatoms. The second kappa shape index (κ2) is 10.8. The summed E-state index contributed by atoms with van der Waals surface area (Å²) in [7, 11) is 0. The average Bonchev–Trinajstić information content (AvgIpc) is 3.84. The van der Waals surface area contributed by atoms with E-state index in [1.54, 1.807) is 0 Å². The van der Waals surface area contributed by atoms with Gasteiger partial charge in [-0.2, -0.15) is 0 Å². The highest BCUT2D eigenvalue weighted by atomic mass is 15.0. The molecule has 0 unspecified atom stereocenters. The van der Waals surface area contributed by atoms with E-state index in [1.165, 1.54) is 65.5 Å². The monoisotopic (exact) mass is 650 g/mol. The number of pyridine rings is 1. The molecule has 0 saturated heterocycles. The molecule has 0 bridgehead atoms. The fourth-order valence-corrected chi connectivity index (χ4v) is 8.34. The van der Waals surface area contributed by atoms with Crippen LogP contribution in [0.1, 0.15) is 0 Å². The van der Waals surface area contributed by atoms with Crippen molar-refractivity contribution in [2.45, 2.75) is 0 Å². The lowest BCUT2D eigenvalue weighted by Crippen LogP contribution is -1.96. The van der Waals surface area contributed by atoms with Crippen LogP contribution in [0, 0.1) is 0 Å². The lowest BCUT2D eigenvalue weighted by atomic mass is 10.1. The maximum atomic E-state index is 4.53. The molecule has 0 spiro atoms. The average molecular weight is 651 g/mol. The van der Waals surface area contributed by atoms with E-state index >= 15 is 0 Å². The third kappa shape index (κ3) is 4.05. The van der Waals surface area contributed by atoms with Crippen LogP contribution in [0.2, 0.25) is 0 Å². The molecule has 51 heavy (non-hydrogen) atoms. The molecule has 0 radical (unpaired) electrons. The number of rotatable bonds is 4. The molecule has 4 aromatic heterocycles. The Labute approximate surface area is 293 Å². The minimum atomic E-state index is 1.10. The lowest BCUT2D eigenvalue weighted by Gasteiger charge is -2.12. The van der Waals surface area contributed by atoms with Crippen molar-refractivity contribution >= 4 is 65.4 Å². The van der Waals surface area contributed by atoms with Crippen LogP contribution in [-0.4, -0.2) is 18.7 Å². The SMILES string of the molecule is c1ccc(-c2ccc(-n3c4ccccc4c4c3ccc3c5ccccc5n(-c5ccc6c(c5)c5ccncc5n6-c5ccccc5)c34)cc2)cc1. The maximum absolute atomic E-state index is 4.53. The zero-order valence-electron chi connectivity index (χ0n) is 27.6. The first-order valence-corrected chi connectivity index (χ1v) is 17.4. The van der Waals surface area contributed by atoms with E-state index in [-0.39, 0.29) is 0 Å². The number of benzene rings is 7. The number of fused-ring (bicyclic) bond motifs is 10. The van der Waals surface area contributed by atoms with Gasteiger partial charge in [-0.05, 0) is 77.9 Å². The molecule has 7 aromatic carbocycles. The summed E-state index contributed by atoms with van der Waals surface area (Å²) < 4.78 is 7.22. The topological polar surface area (TPSA) is 27.7 Å². The Morgan fingerprint density at radius 2 is 0.902 bits per heavy atom. The van der Waals surface area contributed by atoms with Gasteiger partial charge in [-0.15, -0.1) is 0 Å². The summed E-state index contributed by atoms with van der Waals surface area (Å²) in [5.74, 6) is 0. The maximum Gasteiger partial charge on any atom is 0.0724 e. The molecule has 0 aliphatic heterocycles. The Morgan fingerprint density at radius 3 is 1.71 bits per heavy atom. The van der Waals surface area contributed by atoms with Gasteiger partial charge in [0.25, 0.3) is 0 Å². The van der Waals surface area contributed by atoms with Gasteiger partial charge < -0.3 is 13.7 Å². The number of hydrogen-bond donors (Lipinski definition) is 0. The highest BCUT2D eigenvalue weighted by molar-refractivity contribution is 6.26. The largest absolute Gasteiger partial charge is 0.309 e. The second-order valence-corrected chi connectivity index (χ2v) is 13.2. The number of aromatic nitrogens is 4. The van der Waals surface area contributed by atoms with Crippen LogP contribution in [-0.2, 0) is 0 Å². The van der Waals surface area contributed by atoms with E-state index in [0.29, 0.717) is 0 Å². The standard InChI is InChI=1S/C47H30N4/c1-3-11-31(12-4-1)32-19-21-34(22-20-32)49-42-18-10-8-16-39(42)46-44(49)26-24-38-36-15-7-9-17-41(36)51(47(38)46)35-23-25-43-40(29-35)37-27-28-48-30-45(37)50(43)33-13-5-2-6-14-33/h1-30H. The van der Waals surface area contributed by atoms with Gasteiger partial charge >= 0.3 is 0 Å². The summed E-state index contributed by atoms with van der Waals surface area (Å²) in [6.07, 6.45) is 3.88. The van der Waals surface area contributed by atoms with Crippen molar-refractivity contribution in [3.63, 3.8) is 0 Å². The van der Waals surface area contributed by atoms with Gasteiger partial charge in [0.1, 0.15) is 0 Å². The van der Waals surface area contributed by atoms with E-state index in [0.717, 1.165) is 28.1 Å². The van der Waals surface area contributed by atoms with E-state index in [2.05, 4.69) is 189 Å². The highest BCUT2D eigenvalue weighted by Crippen LogP contribution is 2.43. The second-order valence-electron chi connectivity index (χ2n) is 13.2. The molecule has 0 aliphatic rings. The molecule has 238 valence electrons. The minimum absolute atomic E-state index is 1.10. The lowest BCUT2D eigenvalue weighted by molar-refractivity contribution is 1.16. The van der Waals surface area contributed by atoms with Crippen LogP contribution in [0.5, 0.6) is 0 Å². The van der Waals surface area contributed by atoms with Gasteiger partial charge in [0.15, 0.2) is 0 Å². The zero-order chi connectivity index (χ0) is 33.5. The summed E-state index contributed by atoms with van der Waals surface area (Å²) in [6, 6.07) is 61.4. The molecule has 0 N–H and O–H groups in total. The first-order chi connectivity index (χ1) is 25.3. The Kier molecular flexibility index (Phi) is 5.92. The van der Waals surface area contributed by atoms with Crippen LogP contribution >= 0.6 is 0 Å².